The Morgan fingerprint density at radius 1 is 1.27 bits per heavy atom. The zero-order chi connectivity index (χ0) is 18.4. The zero-order valence-corrected chi connectivity index (χ0v) is 16.2. The van der Waals surface area contributed by atoms with Crippen LogP contribution >= 0.6 is 0 Å². The van der Waals surface area contributed by atoms with Crippen LogP contribution in [0.2, 0.25) is 0 Å². The van der Waals surface area contributed by atoms with E-state index in [9.17, 15) is 0 Å². The van der Waals surface area contributed by atoms with Crippen LogP contribution in [0.3, 0.4) is 0 Å². The van der Waals surface area contributed by atoms with Crippen molar-refractivity contribution < 1.29 is 9.47 Å². The van der Waals surface area contributed by atoms with E-state index in [-0.39, 0.29) is 12.2 Å². The maximum absolute atomic E-state index is 5.95. The maximum atomic E-state index is 5.95. The number of hydrogen-bond acceptors (Lipinski definition) is 4. The zero-order valence-electron chi connectivity index (χ0n) is 16.2. The number of rotatable bonds is 5. The fraction of sp³-hybridized carbons (Fsp3) is 0.650. The lowest BCUT2D eigenvalue weighted by Crippen LogP contribution is -2.54. The first kappa shape index (κ1) is 19.0. The Morgan fingerprint density at radius 3 is 2.73 bits per heavy atom. The molecule has 1 aromatic carbocycles. The van der Waals surface area contributed by atoms with Crippen molar-refractivity contribution in [3.8, 4) is 0 Å². The van der Waals surface area contributed by atoms with Crippen LogP contribution in [0.25, 0.3) is 0 Å². The molecule has 2 fully saturated rings. The Bertz CT molecular complexity index is 574. The average molecular weight is 361 g/mol. The molecule has 2 heterocycles. The van der Waals surface area contributed by atoms with Gasteiger partial charge >= 0.3 is 0 Å². The summed E-state index contributed by atoms with van der Waals surface area (Å²) in [6.45, 7) is 6.35. The van der Waals surface area contributed by atoms with Gasteiger partial charge in [-0.1, -0.05) is 18.2 Å². The molecule has 0 aromatic heterocycles. The molecule has 26 heavy (non-hydrogen) atoms. The van der Waals surface area contributed by atoms with Gasteiger partial charge in [-0.05, 0) is 31.9 Å². The van der Waals surface area contributed by atoms with Crippen molar-refractivity contribution in [2.24, 2.45) is 4.99 Å². The second-order valence-electron chi connectivity index (χ2n) is 7.13. The second kappa shape index (κ2) is 9.24. The molecule has 1 N–H and O–H groups in total. The summed E-state index contributed by atoms with van der Waals surface area (Å²) in [5, 5.41) is 3.54. The van der Waals surface area contributed by atoms with Crippen LogP contribution < -0.4 is 10.2 Å². The predicted octanol–water partition coefficient (Wildman–Crippen LogP) is 1.97. The number of benzene rings is 1. The molecule has 0 spiro atoms. The number of morpholine rings is 1. The molecule has 0 amide bonds. The van der Waals surface area contributed by atoms with Crippen molar-refractivity contribution in [1.82, 2.24) is 10.2 Å². The molecule has 0 aliphatic carbocycles. The minimum absolute atomic E-state index is 0.147. The third-order valence-electron chi connectivity index (χ3n) is 5.36. The molecule has 0 radical (unpaired) electrons. The Hall–Kier alpha value is -1.79. The van der Waals surface area contributed by atoms with Gasteiger partial charge in [0, 0.05) is 52.1 Å². The lowest BCUT2D eigenvalue weighted by molar-refractivity contribution is -0.0816. The van der Waals surface area contributed by atoms with E-state index >= 15 is 0 Å². The van der Waals surface area contributed by atoms with Crippen LogP contribution in [0.15, 0.2) is 35.3 Å². The van der Waals surface area contributed by atoms with Gasteiger partial charge in [0.25, 0.3) is 0 Å². The van der Waals surface area contributed by atoms with Gasteiger partial charge in [-0.25, -0.2) is 0 Å². The SMILES string of the molecule is CN=C(NCC(C)N(C)c1ccccc1)N1CCOC(C2CCCO2)C1. The summed E-state index contributed by atoms with van der Waals surface area (Å²) in [4.78, 5) is 9.08. The average Bonchev–Trinajstić information content (AvgIpc) is 3.23. The highest BCUT2D eigenvalue weighted by atomic mass is 16.5. The normalized spacial score (nSPS) is 25.2. The van der Waals surface area contributed by atoms with Gasteiger partial charge < -0.3 is 24.6 Å². The molecule has 1 aromatic rings. The van der Waals surface area contributed by atoms with Crippen LogP contribution in [-0.2, 0) is 9.47 Å². The summed E-state index contributed by atoms with van der Waals surface area (Å²) < 4.78 is 11.8. The Morgan fingerprint density at radius 2 is 2.04 bits per heavy atom. The van der Waals surface area contributed by atoms with Crippen molar-refractivity contribution in [1.29, 1.82) is 0 Å². The number of nitrogens with zero attached hydrogens (tertiary/aromatic N) is 3. The molecule has 2 saturated heterocycles. The van der Waals surface area contributed by atoms with Crippen molar-refractivity contribution in [3.63, 3.8) is 0 Å². The highest BCUT2D eigenvalue weighted by Crippen LogP contribution is 2.21. The number of hydrogen-bond donors (Lipinski definition) is 1. The molecule has 3 rings (SSSR count). The lowest BCUT2D eigenvalue weighted by Gasteiger charge is -2.37. The van der Waals surface area contributed by atoms with Crippen LogP contribution in [-0.4, -0.2) is 76.1 Å². The van der Waals surface area contributed by atoms with E-state index in [2.05, 4.69) is 58.3 Å². The molecule has 0 saturated carbocycles. The molecular formula is C20H32N4O2. The van der Waals surface area contributed by atoms with Crippen molar-refractivity contribution >= 4 is 11.6 Å². The van der Waals surface area contributed by atoms with E-state index in [0.717, 1.165) is 51.6 Å². The number of para-hydroxylation sites is 1. The van der Waals surface area contributed by atoms with Gasteiger partial charge in [0.2, 0.25) is 0 Å². The minimum atomic E-state index is 0.147. The first-order valence-electron chi connectivity index (χ1n) is 9.65. The first-order chi connectivity index (χ1) is 12.7. The van der Waals surface area contributed by atoms with E-state index in [1.807, 2.05) is 13.1 Å². The molecule has 2 aliphatic rings. The minimum Gasteiger partial charge on any atom is -0.375 e. The van der Waals surface area contributed by atoms with E-state index in [4.69, 9.17) is 9.47 Å². The molecule has 3 atom stereocenters. The molecule has 6 nitrogen and oxygen atoms in total. The van der Waals surface area contributed by atoms with Crippen molar-refractivity contribution in [2.75, 3.05) is 51.8 Å². The van der Waals surface area contributed by atoms with Gasteiger partial charge in [-0.3, -0.25) is 4.99 Å². The molecule has 6 heteroatoms. The van der Waals surface area contributed by atoms with E-state index < -0.39 is 0 Å². The highest BCUT2D eigenvalue weighted by molar-refractivity contribution is 5.80. The fourth-order valence-corrected chi connectivity index (χ4v) is 3.61. The summed E-state index contributed by atoms with van der Waals surface area (Å²) in [6, 6.07) is 10.8. The summed E-state index contributed by atoms with van der Waals surface area (Å²) in [7, 11) is 3.98. The quantitative estimate of drug-likeness (QED) is 0.643. The van der Waals surface area contributed by atoms with Crippen LogP contribution in [0.5, 0.6) is 0 Å². The highest BCUT2D eigenvalue weighted by Gasteiger charge is 2.32. The fourth-order valence-electron chi connectivity index (χ4n) is 3.61. The largest absolute Gasteiger partial charge is 0.375 e. The van der Waals surface area contributed by atoms with Gasteiger partial charge in [0.05, 0.1) is 12.7 Å². The van der Waals surface area contributed by atoms with Gasteiger partial charge in [-0.2, -0.15) is 0 Å². The Kier molecular flexibility index (Phi) is 6.74. The number of aliphatic imine (C=N–C) groups is 1. The molecular weight excluding hydrogens is 328 g/mol. The second-order valence-corrected chi connectivity index (χ2v) is 7.13. The monoisotopic (exact) mass is 360 g/mol. The van der Waals surface area contributed by atoms with Gasteiger partial charge in [0.1, 0.15) is 6.10 Å². The third-order valence-corrected chi connectivity index (χ3v) is 5.36. The van der Waals surface area contributed by atoms with E-state index in [1.165, 1.54) is 5.69 Å². The summed E-state index contributed by atoms with van der Waals surface area (Å²) >= 11 is 0. The number of anilines is 1. The predicted molar refractivity (Wildman–Crippen MR) is 106 cm³/mol. The summed E-state index contributed by atoms with van der Waals surface area (Å²) in [6.07, 6.45) is 2.62. The van der Waals surface area contributed by atoms with E-state index in [1.54, 1.807) is 0 Å². The van der Waals surface area contributed by atoms with Crippen LogP contribution in [0.4, 0.5) is 5.69 Å². The van der Waals surface area contributed by atoms with Crippen molar-refractivity contribution in [3.05, 3.63) is 30.3 Å². The number of likely N-dealkylation sites (N-methyl/N-ethyl adjacent to an activating group) is 1. The molecule has 0 bridgehead atoms. The Balaban J connectivity index is 1.52. The smallest absolute Gasteiger partial charge is 0.193 e. The topological polar surface area (TPSA) is 49.3 Å². The summed E-state index contributed by atoms with van der Waals surface area (Å²) in [5.41, 5.74) is 1.22. The molecule has 2 aliphatic heterocycles. The third kappa shape index (κ3) is 4.68. The number of ether oxygens (including phenoxy) is 2. The Labute approximate surface area is 157 Å². The van der Waals surface area contributed by atoms with Gasteiger partial charge in [0.15, 0.2) is 5.96 Å². The standard InChI is InChI=1S/C20H32N4O2/c1-16(23(3)17-8-5-4-6-9-17)14-22-20(21-2)24-11-13-26-19(15-24)18-10-7-12-25-18/h4-6,8-9,16,18-19H,7,10-15H2,1-3H3,(H,21,22). The van der Waals surface area contributed by atoms with Gasteiger partial charge in [-0.15, -0.1) is 0 Å². The van der Waals surface area contributed by atoms with Crippen molar-refractivity contribution in [2.45, 2.75) is 38.0 Å². The number of nitrogens with one attached hydrogen (secondary N) is 1. The molecule has 144 valence electrons. The number of guanidine groups is 1. The molecule has 3 unspecified atom stereocenters. The van der Waals surface area contributed by atoms with Crippen LogP contribution in [0.1, 0.15) is 19.8 Å². The maximum Gasteiger partial charge on any atom is 0.193 e. The summed E-state index contributed by atoms with van der Waals surface area (Å²) in [5.74, 6) is 0.949. The van der Waals surface area contributed by atoms with Crippen LogP contribution in [0, 0.1) is 0 Å². The van der Waals surface area contributed by atoms with E-state index in [0.29, 0.717) is 6.04 Å². The lowest BCUT2D eigenvalue weighted by atomic mass is 10.1. The first-order valence-corrected chi connectivity index (χ1v) is 9.65.